The fraction of sp³-hybridized carbons (Fsp3) is 0.429. The quantitative estimate of drug-likeness (QED) is 0.621. The van der Waals surface area contributed by atoms with Gasteiger partial charge in [-0.3, -0.25) is 9.59 Å². The van der Waals surface area contributed by atoms with Crippen molar-refractivity contribution in [3.8, 4) is 0 Å². The van der Waals surface area contributed by atoms with Crippen molar-refractivity contribution in [1.29, 1.82) is 0 Å². The largest absolute Gasteiger partial charge is 0.299 e. The molecule has 2 aliphatic rings. The van der Waals surface area contributed by atoms with Crippen molar-refractivity contribution in [3.05, 3.63) is 35.4 Å². The number of Topliss-reactive ketones (excluding diaryl/α,β-unsaturated/α-hetero) is 2. The van der Waals surface area contributed by atoms with Crippen molar-refractivity contribution in [2.75, 3.05) is 0 Å². The van der Waals surface area contributed by atoms with Gasteiger partial charge < -0.3 is 0 Å². The highest BCUT2D eigenvalue weighted by Gasteiger charge is 2.39. The number of carbonyl (C=O) groups excluding carboxylic acids is 2. The van der Waals surface area contributed by atoms with Crippen LogP contribution in [0.5, 0.6) is 0 Å². The molecule has 2 nitrogen and oxygen atoms in total. The Morgan fingerprint density at radius 2 is 1.88 bits per heavy atom. The second-order valence-electron chi connectivity index (χ2n) is 4.84. The Labute approximate surface area is 94.7 Å². The Balaban J connectivity index is 2.04. The summed E-state index contributed by atoms with van der Waals surface area (Å²) in [5.74, 6) is 0.546. The van der Waals surface area contributed by atoms with Crippen molar-refractivity contribution >= 4 is 11.6 Å². The first-order valence-electron chi connectivity index (χ1n) is 5.88. The number of carbonyl (C=O) groups is 2. The number of fused-ring (bicyclic) bond motifs is 3. The van der Waals surface area contributed by atoms with Crippen LogP contribution >= 0.6 is 0 Å². The lowest BCUT2D eigenvalue weighted by Crippen LogP contribution is -2.35. The van der Waals surface area contributed by atoms with Gasteiger partial charge >= 0.3 is 0 Å². The van der Waals surface area contributed by atoms with E-state index in [1.807, 2.05) is 12.1 Å². The van der Waals surface area contributed by atoms with Crippen LogP contribution < -0.4 is 0 Å². The third kappa shape index (κ3) is 1.41. The second-order valence-corrected chi connectivity index (χ2v) is 4.84. The van der Waals surface area contributed by atoms with Gasteiger partial charge in [-0.2, -0.15) is 0 Å². The summed E-state index contributed by atoms with van der Waals surface area (Å²) < 4.78 is 0. The lowest BCUT2D eigenvalue weighted by Gasteiger charge is -2.35. The first-order valence-corrected chi connectivity index (χ1v) is 5.88. The van der Waals surface area contributed by atoms with Crippen LogP contribution in [0.1, 0.15) is 36.3 Å². The fourth-order valence-corrected chi connectivity index (χ4v) is 3.13. The SMILES string of the molecule is O=C1CC(=O)[C@@H]2CCc3ccccc3[C@H]2C1. The standard InChI is InChI=1S/C14H14O2/c15-10-7-13-11-4-2-1-3-9(11)5-6-12(13)14(16)8-10/h1-4,12-13H,5-8H2/t12-,13-/m1/s1. The molecular formula is C14H14O2. The molecule has 16 heavy (non-hydrogen) atoms. The third-order valence-electron chi connectivity index (χ3n) is 3.90. The van der Waals surface area contributed by atoms with Crippen LogP contribution in [0.2, 0.25) is 0 Å². The Kier molecular flexibility index (Phi) is 2.16. The molecule has 0 radical (unpaired) electrons. The van der Waals surface area contributed by atoms with Crippen molar-refractivity contribution in [3.63, 3.8) is 0 Å². The van der Waals surface area contributed by atoms with Gasteiger partial charge in [0.2, 0.25) is 0 Å². The molecule has 1 fully saturated rings. The van der Waals surface area contributed by atoms with Gasteiger partial charge in [0, 0.05) is 18.3 Å². The van der Waals surface area contributed by atoms with E-state index in [1.165, 1.54) is 11.1 Å². The van der Waals surface area contributed by atoms with Crippen molar-refractivity contribution in [2.45, 2.75) is 31.6 Å². The smallest absolute Gasteiger partial charge is 0.143 e. The number of aryl methyl sites for hydroxylation is 1. The molecule has 0 bridgehead atoms. The molecule has 2 atom stereocenters. The van der Waals surface area contributed by atoms with E-state index in [0.29, 0.717) is 6.42 Å². The summed E-state index contributed by atoms with van der Waals surface area (Å²) in [4.78, 5) is 23.3. The van der Waals surface area contributed by atoms with Crippen molar-refractivity contribution in [1.82, 2.24) is 0 Å². The molecule has 0 spiro atoms. The summed E-state index contributed by atoms with van der Waals surface area (Å²) in [7, 11) is 0. The molecule has 0 aromatic heterocycles. The Bertz CT molecular complexity index is 462. The maximum atomic E-state index is 11.8. The Hall–Kier alpha value is -1.44. The summed E-state index contributed by atoms with van der Waals surface area (Å²) in [6.45, 7) is 0. The average molecular weight is 214 g/mol. The molecule has 0 heterocycles. The van der Waals surface area contributed by atoms with Gasteiger partial charge in [-0.25, -0.2) is 0 Å². The highest BCUT2D eigenvalue weighted by molar-refractivity contribution is 6.03. The van der Waals surface area contributed by atoms with Crippen LogP contribution in [-0.4, -0.2) is 11.6 Å². The van der Waals surface area contributed by atoms with Gasteiger partial charge in [0.05, 0.1) is 6.42 Å². The Morgan fingerprint density at radius 3 is 2.75 bits per heavy atom. The molecular weight excluding hydrogens is 200 g/mol. The molecule has 0 unspecified atom stereocenters. The maximum Gasteiger partial charge on any atom is 0.143 e. The molecule has 0 N–H and O–H groups in total. The van der Waals surface area contributed by atoms with E-state index in [4.69, 9.17) is 0 Å². The topological polar surface area (TPSA) is 34.1 Å². The van der Waals surface area contributed by atoms with Crippen molar-refractivity contribution < 1.29 is 9.59 Å². The van der Waals surface area contributed by atoms with Crippen LogP contribution in [0.4, 0.5) is 0 Å². The van der Waals surface area contributed by atoms with Gasteiger partial charge in [-0.15, -0.1) is 0 Å². The molecule has 3 rings (SSSR count). The van der Waals surface area contributed by atoms with E-state index < -0.39 is 0 Å². The van der Waals surface area contributed by atoms with Crippen molar-refractivity contribution in [2.24, 2.45) is 5.92 Å². The predicted molar refractivity (Wildman–Crippen MR) is 60.2 cm³/mol. The summed E-state index contributed by atoms with van der Waals surface area (Å²) in [5, 5.41) is 0. The van der Waals surface area contributed by atoms with Gasteiger partial charge in [0.15, 0.2) is 0 Å². The fourth-order valence-electron chi connectivity index (χ4n) is 3.13. The van der Waals surface area contributed by atoms with E-state index in [2.05, 4.69) is 12.1 Å². The molecule has 1 aromatic carbocycles. The zero-order chi connectivity index (χ0) is 11.1. The Morgan fingerprint density at radius 1 is 1.06 bits per heavy atom. The highest BCUT2D eigenvalue weighted by Crippen LogP contribution is 2.42. The predicted octanol–water partition coefficient (Wildman–Crippen LogP) is 2.26. The number of hydrogen-bond acceptors (Lipinski definition) is 2. The van der Waals surface area contributed by atoms with Gasteiger partial charge in [0.1, 0.15) is 11.6 Å². The number of ketones is 2. The molecule has 0 amide bonds. The number of rotatable bonds is 0. The number of benzene rings is 1. The van der Waals surface area contributed by atoms with Gasteiger partial charge in [0.25, 0.3) is 0 Å². The van der Waals surface area contributed by atoms with E-state index >= 15 is 0 Å². The molecule has 0 saturated heterocycles. The van der Waals surface area contributed by atoms with E-state index in [1.54, 1.807) is 0 Å². The zero-order valence-electron chi connectivity index (χ0n) is 9.11. The van der Waals surface area contributed by atoms with Crippen LogP contribution in [0, 0.1) is 5.92 Å². The molecule has 82 valence electrons. The molecule has 2 heteroatoms. The molecule has 2 aliphatic carbocycles. The third-order valence-corrected chi connectivity index (χ3v) is 3.90. The van der Waals surface area contributed by atoms with Crippen LogP contribution in [0.15, 0.2) is 24.3 Å². The lowest BCUT2D eigenvalue weighted by atomic mass is 9.67. The van der Waals surface area contributed by atoms with E-state index in [9.17, 15) is 9.59 Å². The molecule has 1 saturated carbocycles. The van der Waals surface area contributed by atoms with Crippen LogP contribution in [0.3, 0.4) is 0 Å². The van der Waals surface area contributed by atoms with Crippen LogP contribution in [0.25, 0.3) is 0 Å². The van der Waals surface area contributed by atoms with Crippen LogP contribution in [-0.2, 0) is 16.0 Å². The minimum atomic E-state index is 0.104. The summed E-state index contributed by atoms with van der Waals surface area (Å²) in [6, 6.07) is 8.24. The highest BCUT2D eigenvalue weighted by atomic mass is 16.1. The second kappa shape index (κ2) is 3.55. The molecule has 0 aliphatic heterocycles. The summed E-state index contributed by atoms with van der Waals surface area (Å²) in [6.07, 6.45) is 2.64. The normalized spacial score (nSPS) is 28.5. The molecule has 1 aromatic rings. The number of hydrogen-bond donors (Lipinski definition) is 0. The lowest BCUT2D eigenvalue weighted by molar-refractivity contribution is -0.134. The first-order chi connectivity index (χ1) is 7.75. The maximum absolute atomic E-state index is 11.8. The monoisotopic (exact) mass is 214 g/mol. The van der Waals surface area contributed by atoms with Gasteiger partial charge in [-0.1, -0.05) is 24.3 Å². The van der Waals surface area contributed by atoms with E-state index in [0.717, 1.165) is 12.8 Å². The summed E-state index contributed by atoms with van der Waals surface area (Å²) in [5.41, 5.74) is 2.56. The summed E-state index contributed by atoms with van der Waals surface area (Å²) >= 11 is 0. The van der Waals surface area contributed by atoms with E-state index in [-0.39, 0.29) is 29.8 Å². The minimum absolute atomic E-state index is 0.104. The zero-order valence-corrected chi connectivity index (χ0v) is 9.11. The average Bonchev–Trinajstić information content (AvgIpc) is 2.28. The van der Waals surface area contributed by atoms with Gasteiger partial charge in [-0.05, 0) is 24.0 Å². The first kappa shape index (κ1) is 9.76. The minimum Gasteiger partial charge on any atom is -0.299 e.